The third kappa shape index (κ3) is 2.82. The molecule has 0 aliphatic carbocycles. The van der Waals surface area contributed by atoms with Crippen LogP contribution in [0.1, 0.15) is 5.69 Å². The van der Waals surface area contributed by atoms with E-state index in [0.717, 1.165) is 11.1 Å². The van der Waals surface area contributed by atoms with E-state index >= 15 is 0 Å². The number of pyridine rings is 1. The normalized spacial score (nSPS) is 10.0. The molecule has 0 spiro atoms. The molecule has 1 heterocycles. The van der Waals surface area contributed by atoms with Crippen molar-refractivity contribution in [1.29, 1.82) is 5.41 Å². The molecule has 2 aromatic rings. The molecule has 19 heavy (non-hydrogen) atoms. The zero-order chi connectivity index (χ0) is 13.8. The van der Waals surface area contributed by atoms with Crippen LogP contribution in [0.3, 0.4) is 0 Å². The summed E-state index contributed by atoms with van der Waals surface area (Å²) in [7, 11) is 3.21. The minimum atomic E-state index is -0.0465. The van der Waals surface area contributed by atoms with Crippen LogP contribution in [0.2, 0.25) is 0 Å². The van der Waals surface area contributed by atoms with Crippen LogP contribution in [0.5, 0.6) is 11.5 Å². The molecule has 2 rings (SSSR count). The van der Waals surface area contributed by atoms with Gasteiger partial charge in [-0.1, -0.05) is 6.07 Å². The van der Waals surface area contributed by atoms with E-state index in [1.807, 2.05) is 18.2 Å². The molecule has 0 amide bonds. The van der Waals surface area contributed by atoms with Crippen LogP contribution in [0.15, 0.2) is 36.5 Å². The Bertz CT molecular complexity index is 572. The molecule has 98 valence electrons. The van der Waals surface area contributed by atoms with Gasteiger partial charge in [-0.3, -0.25) is 10.4 Å². The Labute approximate surface area is 111 Å². The van der Waals surface area contributed by atoms with Gasteiger partial charge in [0.25, 0.3) is 0 Å². The maximum Gasteiger partial charge on any atom is 0.141 e. The quantitative estimate of drug-likeness (QED) is 0.648. The number of aromatic nitrogens is 1. The van der Waals surface area contributed by atoms with Gasteiger partial charge in [-0.05, 0) is 23.8 Å². The molecule has 0 bridgehead atoms. The summed E-state index contributed by atoms with van der Waals surface area (Å²) in [6, 6.07) is 9.17. The van der Waals surface area contributed by atoms with Crippen LogP contribution in [0, 0.1) is 5.41 Å². The van der Waals surface area contributed by atoms with Crippen LogP contribution < -0.4 is 15.2 Å². The number of nitrogens with one attached hydrogen (secondary N) is 1. The third-order valence-corrected chi connectivity index (χ3v) is 2.72. The molecule has 0 aliphatic heterocycles. The van der Waals surface area contributed by atoms with Crippen LogP contribution in [0.25, 0.3) is 11.1 Å². The van der Waals surface area contributed by atoms with E-state index in [2.05, 4.69) is 4.98 Å². The van der Waals surface area contributed by atoms with Crippen LogP contribution in [0.4, 0.5) is 0 Å². The maximum atomic E-state index is 7.31. The largest absolute Gasteiger partial charge is 0.497 e. The molecule has 0 aliphatic rings. The molecule has 5 nitrogen and oxygen atoms in total. The summed E-state index contributed by atoms with van der Waals surface area (Å²) < 4.78 is 10.5. The predicted octanol–water partition coefficient (Wildman–Crippen LogP) is 2.05. The third-order valence-electron chi connectivity index (χ3n) is 2.72. The van der Waals surface area contributed by atoms with Crippen molar-refractivity contribution in [3.8, 4) is 22.6 Å². The lowest BCUT2D eigenvalue weighted by atomic mass is 10.1. The summed E-state index contributed by atoms with van der Waals surface area (Å²) in [6.07, 6.45) is 1.67. The van der Waals surface area contributed by atoms with Crippen molar-refractivity contribution in [1.82, 2.24) is 4.98 Å². The Kier molecular flexibility index (Phi) is 3.66. The number of benzene rings is 1. The van der Waals surface area contributed by atoms with Crippen LogP contribution >= 0.6 is 0 Å². The number of methoxy groups -OCH3 is 2. The van der Waals surface area contributed by atoms with Crippen molar-refractivity contribution in [2.45, 2.75) is 0 Å². The summed E-state index contributed by atoms with van der Waals surface area (Å²) in [5.74, 6) is 1.38. The highest BCUT2D eigenvalue weighted by Crippen LogP contribution is 2.29. The molecule has 0 radical (unpaired) electrons. The fourth-order valence-corrected chi connectivity index (χ4v) is 1.70. The number of ether oxygens (including phenoxy) is 2. The van der Waals surface area contributed by atoms with Crippen molar-refractivity contribution in [2.24, 2.45) is 5.73 Å². The smallest absolute Gasteiger partial charge is 0.141 e. The van der Waals surface area contributed by atoms with Gasteiger partial charge in [-0.2, -0.15) is 0 Å². The average molecular weight is 257 g/mol. The van der Waals surface area contributed by atoms with Crippen molar-refractivity contribution in [3.05, 3.63) is 42.2 Å². The van der Waals surface area contributed by atoms with Gasteiger partial charge in [0, 0.05) is 17.8 Å². The Balaban J connectivity index is 2.42. The zero-order valence-electron chi connectivity index (χ0n) is 10.8. The van der Waals surface area contributed by atoms with E-state index in [1.54, 1.807) is 32.5 Å². The highest BCUT2D eigenvalue weighted by molar-refractivity contribution is 5.93. The second kappa shape index (κ2) is 5.39. The molecule has 0 fully saturated rings. The first kappa shape index (κ1) is 12.9. The summed E-state index contributed by atoms with van der Waals surface area (Å²) in [5, 5.41) is 7.31. The maximum absolute atomic E-state index is 7.31. The van der Waals surface area contributed by atoms with Gasteiger partial charge < -0.3 is 15.2 Å². The minimum Gasteiger partial charge on any atom is -0.497 e. The number of hydrogen-bond donors (Lipinski definition) is 2. The first-order valence-corrected chi connectivity index (χ1v) is 5.68. The Hall–Kier alpha value is -2.56. The highest BCUT2D eigenvalue weighted by atomic mass is 16.5. The molecule has 0 saturated carbocycles. The van der Waals surface area contributed by atoms with Crippen molar-refractivity contribution in [3.63, 3.8) is 0 Å². The van der Waals surface area contributed by atoms with Gasteiger partial charge in [-0.25, -0.2) is 0 Å². The monoisotopic (exact) mass is 257 g/mol. The van der Waals surface area contributed by atoms with E-state index < -0.39 is 0 Å². The summed E-state index contributed by atoms with van der Waals surface area (Å²) in [4.78, 5) is 4.13. The van der Waals surface area contributed by atoms with Gasteiger partial charge >= 0.3 is 0 Å². The number of hydrogen-bond acceptors (Lipinski definition) is 4. The number of amidine groups is 1. The average Bonchev–Trinajstić information content (AvgIpc) is 2.46. The van der Waals surface area contributed by atoms with Crippen LogP contribution in [-0.2, 0) is 0 Å². The molecule has 0 atom stereocenters. The Morgan fingerprint density at radius 2 is 1.68 bits per heavy atom. The van der Waals surface area contributed by atoms with E-state index in [9.17, 15) is 0 Å². The second-order valence-corrected chi connectivity index (χ2v) is 3.95. The van der Waals surface area contributed by atoms with Crippen molar-refractivity contribution in [2.75, 3.05) is 14.2 Å². The van der Waals surface area contributed by atoms with Crippen LogP contribution in [-0.4, -0.2) is 25.0 Å². The highest BCUT2D eigenvalue weighted by Gasteiger charge is 2.05. The number of nitrogen functional groups attached to an aromatic ring is 1. The van der Waals surface area contributed by atoms with Gasteiger partial charge in [0.05, 0.1) is 14.2 Å². The van der Waals surface area contributed by atoms with Gasteiger partial charge in [-0.15, -0.1) is 0 Å². The molecular weight excluding hydrogens is 242 g/mol. The molecule has 1 aromatic heterocycles. The van der Waals surface area contributed by atoms with Gasteiger partial charge in [0.2, 0.25) is 0 Å². The molecule has 0 unspecified atom stereocenters. The summed E-state index contributed by atoms with van der Waals surface area (Å²) in [6.45, 7) is 0. The van der Waals surface area contributed by atoms with Crippen molar-refractivity contribution < 1.29 is 9.47 Å². The van der Waals surface area contributed by atoms with E-state index in [4.69, 9.17) is 20.6 Å². The predicted molar refractivity (Wildman–Crippen MR) is 73.8 cm³/mol. The second-order valence-electron chi connectivity index (χ2n) is 3.95. The molecule has 3 N–H and O–H groups in total. The van der Waals surface area contributed by atoms with Gasteiger partial charge in [0.1, 0.15) is 23.0 Å². The topological polar surface area (TPSA) is 81.2 Å². The fraction of sp³-hybridized carbons (Fsp3) is 0.143. The summed E-state index contributed by atoms with van der Waals surface area (Å²) in [5.41, 5.74) is 7.67. The number of rotatable bonds is 4. The van der Waals surface area contributed by atoms with E-state index in [-0.39, 0.29) is 5.84 Å². The van der Waals surface area contributed by atoms with Gasteiger partial charge in [0.15, 0.2) is 0 Å². The molecular formula is C14H15N3O2. The molecule has 5 heteroatoms. The standard InChI is InChI=1S/C14H15N3O2/c1-18-11-5-10(6-12(7-11)19-2)9-3-4-13(14(15)16)17-8-9/h3-8H,1-2H3,(H3,15,16). The zero-order valence-corrected chi connectivity index (χ0v) is 10.8. The van der Waals surface area contributed by atoms with E-state index in [0.29, 0.717) is 17.2 Å². The summed E-state index contributed by atoms with van der Waals surface area (Å²) >= 11 is 0. The number of nitrogens with two attached hydrogens (primary N) is 1. The lowest BCUT2D eigenvalue weighted by Crippen LogP contribution is -2.12. The lowest BCUT2D eigenvalue weighted by molar-refractivity contribution is 0.394. The molecule has 1 aromatic carbocycles. The first-order chi connectivity index (χ1) is 9.13. The van der Waals surface area contributed by atoms with Crippen molar-refractivity contribution >= 4 is 5.84 Å². The molecule has 0 saturated heterocycles. The first-order valence-electron chi connectivity index (χ1n) is 5.68. The van der Waals surface area contributed by atoms with E-state index in [1.165, 1.54) is 0 Å². The number of nitrogens with zero attached hydrogens (tertiary/aromatic N) is 1. The fourth-order valence-electron chi connectivity index (χ4n) is 1.70. The minimum absolute atomic E-state index is 0.0465. The SMILES string of the molecule is COc1cc(OC)cc(-c2ccc(C(=N)N)nc2)c1. The lowest BCUT2D eigenvalue weighted by Gasteiger charge is -2.08. The Morgan fingerprint density at radius 1 is 1.05 bits per heavy atom. The Morgan fingerprint density at radius 3 is 2.11 bits per heavy atom.